The van der Waals surface area contributed by atoms with Gasteiger partial charge in [-0.1, -0.05) is 58.0 Å². The molecule has 0 fully saturated rings. The molecule has 0 amide bonds. The third-order valence-corrected chi connectivity index (χ3v) is 3.53. The summed E-state index contributed by atoms with van der Waals surface area (Å²) in [4.78, 5) is 0. The maximum Gasteiger partial charge on any atom is -0.000823 e. The first-order valence-electron chi connectivity index (χ1n) is 6.86. The standard InChI is InChI=1S/C16H27N/c1-13(2)16(14(3)4)12-17-11-10-15-8-6-5-7-9-15/h5-9,13-14,16-17H,10-12H2,1-4H3. The summed E-state index contributed by atoms with van der Waals surface area (Å²) in [7, 11) is 0. The van der Waals surface area contributed by atoms with Crippen molar-refractivity contribution in [2.45, 2.75) is 34.1 Å². The van der Waals surface area contributed by atoms with Gasteiger partial charge in [0.2, 0.25) is 0 Å². The molecule has 0 bridgehead atoms. The third-order valence-electron chi connectivity index (χ3n) is 3.53. The quantitative estimate of drug-likeness (QED) is 0.707. The van der Waals surface area contributed by atoms with Gasteiger partial charge < -0.3 is 5.32 Å². The van der Waals surface area contributed by atoms with Crippen LogP contribution in [0.25, 0.3) is 0 Å². The van der Waals surface area contributed by atoms with Crippen LogP contribution in [0.2, 0.25) is 0 Å². The highest BCUT2D eigenvalue weighted by atomic mass is 14.9. The molecule has 1 nitrogen and oxygen atoms in total. The van der Waals surface area contributed by atoms with Crippen molar-refractivity contribution in [1.82, 2.24) is 5.32 Å². The molecule has 1 rings (SSSR count). The monoisotopic (exact) mass is 233 g/mol. The number of nitrogens with one attached hydrogen (secondary N) is 1. The van der Waals surface area contributed by atoms with Crippen LogP contribution < -0.4 is 5.32 Å². The lowest BCUT2D eigenvalue weighted by Gasteiger charge is -2.25. The van der Waals surface area contributed by atoms with Crippen LogP contribution in [0, 0.1) is 17.8 Å². The Morgan fingerprint density at radius 2 is 1.53 bits per heavy atom. The molecular formula is C16H27N. The van der Waals surface area contributed by atoms with E-state index in [0.717, 1.165) is 37.3 Å². The number of hydrogen-bond acceptors (Lipinski definition) is 1. The fourth-order valence-electron chi connectivity index (χ4n) is 2.39. The molecule has 0 heterocycles. The largest absolute Gasteiger partial charge is 0.316 e. The zero-order valence-electron chi connectivity index (χ0n) is 11.7. The van der Waals surface area contributed by atoms with Crippen molar-refractivity contribution >= 4 is 0 Å². The summed E-state index contributed by atoms with van der Waals surface area (Å²) >= 11 is 0. The maximum absolute atomic E-state index is 3.60. The van der Waals surface area contributed by atoms with E-state index < -0.39 is 0 Å². The minimum absolute atomic E-state index is 0.763. The van der Waals surface area contributed by atoms with E-state index in [-0.39, 0.29) is 0 Å². The second kappa shape index (κ2) is 7.50. The zero-order chi connectivity index (χ0) is 12.7. The molecular weight excluding hydrogens is 206 g/mol. The molecule has 96 valence electrons. The fraction of sp³-hybridized carbons (Fsp3) is 0.625. The van der Waals surface area contributed by atoms with Crippen molar-refractivity contribution in [3.05, 3.63) is 35.9 Å². The molecule has 1 aromatic rings. The molecule has 17 heavy (non-hydrogen) atoms. The van der Waals surface area contributed by atoms with Crippen LogP contribution >= 0.6 is 0 Å². The molecule has 0 spiro atoms. The van der Waals surface area contributed by atoms with Gasteiger partial charge in [-0.05, 0) is 42.8 Å². The van der Waals surface area contributed by atoms with Gasteiger partial charge in [-0.3, -0.25) is 0 Å². The smallest absolute Gasteiger partial charge is 0.000823 e. The van der Waals surface area contributed by atoms with E-state index in [2.05, 4.69) is 63.3 Å². The summed E-state index contributed by atoms with van der Waals surface area (Å²) in [5.41, 5.74) is 1.42. The fourth-order valence-corrected chi connectivity index (χ4v) is 2.39. The highest BCUT2D eigenvalue weighted by Crippen LogP contribution is 2.19. The summed E-state index contributed by atoms with van der Waals surface area (Å²) in [5, 5.41) is 3.60. The Balaban J connectivity index is 2.23. The minimum Gasteiger partial charge on any atom is -0.316 e. The lowest BCUT2D eigenvalue weighted by molar-refractivity contribution is 0.277. The van der Waals surface area contributed by atoms with E-state index in [9.17, 15) is 0 Å². The first kappa shape index (κ1) is 14.2. The van der Waals surface area contributed by atoms with E-state index in [1.807, 2.05) is 0 Å². The van der Waals surface area contributed by atoms with Crippen LogP contribution in [0.3, 0.4) is 0 Å². The highest BCUT2D eigenvalue weighted by Gasteiger charge is 2.16. The van der Waals surface area contributed by atoms with Gasteiger partial charge in [0.1, 0.15) is 0 Å². The summed E-state index contributed by atoms with van der Waals surface area (Å²) in [6.07, 6.45) is 1.13. The van der Waals surface area contributed by atoms with Crippen LogP contribution in [0.1, 0.15) is 33.3 Å². The van der Waals surface area contributed by atoms with Crippen molar-refractivity contribution in [2.24, 2.45) is 17.8 Å². The molecule has 0 radical (unpaired) electrons. The molecule has 0 aliphatic heterocycles. The predicted octanol–water partition coefficient (Wildman–Crippen LogP) is 3.75. The van der Waals surface area contributed by atoms with Crippen molar-refractivity contribution in [1.29, 1.82) is 0 Å². The normalized spacial score (nSPS) is 11.7. The molecule has 0 aromatic heterocycles. The average molecular weight is 233 g/mol. The van der Waals surface area contributed by atoms with E-state index >= 15 is 0 Å². The Morgan fingerprint density at radius 1 is 0.941 bits per heavy atom. The molecule has 0 unspecified atom stereocenters. The van der Waals surface area contributed by atoms with Gasteiger partial charge in [0.25, 0.3) is 0 Å². The van der Waals surface area contributed by atoms with E-state index in [4.69, 9.17) is 0 Å². The van der Waals surface area contributed by atoms with Crippen molar-refractivity contribution in [3.63, 3.8) is 0 Å². The highest BCUT2D eigenvalue weighted by molar-refractivity contribution is 5.14. The van der Waals surface area contributed by atoms with Crippen molar-refractivity contribution in [2.75, 3.05) is 13.1 Å². The van der Waals surface area contributed by atoms with Crippen LogP contribution in [-0.2, 0) is 6.42 Å². The first-order chi connectivity index (χ1) is 8.11. The van der Waals surface area contributed by atoms with Crippen molar-refractivity contribution in [3.8, 4) is 0 Å². The van der Waals surface area contributed by atoms with Crippen LogP contribution in [-0.4, -0.2) is 13.1 Å². The Kier molecular flexibility index (Phi) is 6.28. The lowest BCUT2D eigenvalue weighted by atomic mass is 9.85. The Labute approximate surface area is 107 Å². The number of rotatable bonds is 7. The molecule has 0 saturated carbocycles. The lowest BCUT2D eigenvalue weighted by Crippen LogP contribution is -2.31. The molecule has 0 atom stereocenters. The third kappa shape index (κ3) is 5.36. The van der Waals surface area contributed by atoms with Crippen molar-refractivity contribution < 1.29 is 0 Å². The molecule has 1 aromatic carbocycles. The molecule has 0 saturated heterocycles. The Bertz CT molecular complexity index is 282. The van der Waals surface area contributed by atoms with Crippen LogP contribution in [0.4, 0.5) is 0 Å². The van der Waals surface area contributed by atoms with E-state index in [1.54, 1.807) is 0 Å². The Hall–Kier alpha value is -0.820. The van der Waals surface area contributed by atoms with E-state index in [0.29, 0.717) is 0 Å². The number of benzene rings is 1. The van der Waals surface area contributed by atoms with Gasteiger partial charge >= 0.3 is 0 Å². The summed E-state index contributed by atoms with van der Waals surface area (Å²) in [6, 6.07) is 10.7. The topological polar surface area (TPSA) is 12.0 Å². The molecule has 0 aliphatic rings. The van der Waals surface area contributed by atoms with Gasteiger partial charge in [-0.2, -0.15) is 0 Å². The average Bonchev–Trinajstić information content (AvgIpc) is 2.29. The second-order valence-corrected chi connectivity index (χ2v) is 5.59. The van der Waals surface area contributed by atoms with Gasteiger partial charge in [0.15, 0.2) is 0 Å². The van der Waals surface area contributed by atoms with Crippen LogP contribution in [0.5, 0.6) is 0 Å². The second-order valence-electron chi connectivity index (χ2n) is 5.59. The zero-order valence-corrected chi connectivity index (χ0v) is 11.7. The SMILES string of the molecule is CC(C)C(CNCCc1ccccc1)C(C)C. The van der Waals surface area contributed by atoms with Gasteiger partial charge in [-0.25, -0.2) is 0 Å². The summed E-state index contributed by atoms with van der Waals surface area (Å²) in [6.45, 7) is 11.5. The maximum atomic E-state index is 3.60. The predicted molar refractivity (Wildman–Crippen MR) is 76.2 cm³/mol. The molecule has 1 N–H and O–H groups in total. The van der Waals surface area contributed by atoms with E-state index in [1.165, 1.54) is 5.56 Å². The Morgan fingerprint density at radius 3 is 2.06 bits per heavy atom. The number of hydrogen-bond donors (Lipinski definition) is 1. The summed E-state index contributed by atoms with van der Waals surface area (Å²) in [5.74, 6) is 2.31. The van der Waals surface area contributed by atoms with Crippen LogP contribution in [0.15, 0.2) is 30.3 Å². The first-order valence-corrected chi connectivity index (χ1v) is 6.86. The molecule has 1 heteroatoms. The van der Waals surface area contributed by atoms with Gasteiger partial charge in [-0.15, -0.1) is 0 Å². The van der Waals surface area contributed by atoms with Gasteiger partial charge in [0, 0.05) is 0 Å². The molecule has 0 aliphatic carbocycles. The summed E-state index contributed by atoms with van der Waals surface area (Å²) < 4.78 is 0. The minimum atomic E-state index is 0.763. The van der Waals surface area contributed by atoms with Gasteiger partial charge in [0.05, 0.1) is 0 Å².